The summed E-state index contributed by atoms with van der Waals surface area (Å²) in [5.41, 5.74) is -0.144. The summed E-state index contributed by atoms with van der Waals surface area (Å²) in [6, 6.07) is 0. The largest absolute Gasteiger partial charge is 0.206 e. The molecule has 1 aliphatic rings. The van der Waals surface area contributed by atoms with Crippen LogP contribution in [-0.2, 0) is 0 Å². The van der Waals surface area contributed by atoms with E-state index in [-0.39, 0.29) is 11.1 Å². The molecule has 2 heteroatoms. The number of rotatable bonds is 0. The molecule has 0 N–H and O–H groups in total. The third-order valence-electron chi connectivity index (χ3n) is 3.82. The summed E-state index contributed by atoms with van der Waals surface area (Å²) in [6.07, 6.45) is 2.01. The van der Waals surface area contributed by atoms with Gasteiger partial charge in [0.1, 0.15) is 0 Å². The minimum Gasteiger partial charge on any atom is -0.0599 e. The maximum atomic E-state index is 12.2. The second-order valence-electron chi connectivity index (χ2n) is 7.39. The van der Waals surface area contributed by atoms with Gasteiger partial charge in [0.05, 0.1) is 0 Å². The van der Waals surface area contributed by atoms with Crippen LogP contribution in [0.25, 0.3) is 0 Å². The Labute approximate surface area is 94.0 Å². The monoisotopic (exact) mass is 212 g/mol. The number of hydrogen-bond donors (Lipinski definition) is 0. The van der Waals surface area contributed by atoms with Crippen LogP contribution in [0.15, 0.2) is 0 Å². The Hall–Kier alpha value is -0.400. The Morgan fingerprint density at radius 3 is 1.60 bits per heavy atom. The van der Waals surface area contributed by atoms with Crippen molar-refractivity contribution in [1.82, 2.24) is 0 Å². The van der Waals surface area contributed by atoms with Crippen LogP contribution in [-0.4, -0.2) is 15.8 Å². The van der Waals surface area contributed by atoms with Crippen LogP contribution in [0.1, 0.15) is 61.3 Å². The molecule has 0 aromatic carbocycles. The molecule has 1 saturated heterocycles. The molecule has 0 amide bonds. The zero-order valence-electron chi connectivity index (χ0n) is 11.3. The van der Waals surface area contributed by atoms with Gasteiger partial charge in [-0.05, 0) is 11.3 Å². The Balaban J connectivity index is 3.00. The standard InChI is InChI=1S/C13H26NO/c1-11(2,3)10-8-12(4,5)14(15)13(6,7)9-10/h10H,8-9H2,1-7H3/q+1. The zero-order chi connectivity index (χ0) is 12.1. The van der Waals surface area contributed by atoms with Gasteiger partial charge in [0.25, 0.3) is 0 Å². The van der Waals surface area contributed by atoms with Crippen LogP contribution < -0.4 is 0 Å². The summed E-state index contributed by atoms with van der Waals surface area (Å²) in [5, 5.41) is 0. The molecule has 0 aromatic rings. The molecule has 0 aromatic heterocycles. The summed E-state index contributed by atoms with van der Waals surface area (Å²) < 4.78 is 1.31. The van der Waals surface area contributed by atoms with E-state index in [0.29, 0.717) is 11.3 Å². The van der Waals surface area contributed by atoms with Gasteiger partial charge < -0.3 is 0 Å². The van der Waals surface area contributed by atoms with Crippen molar-refractivity contribution in [2.45, 2.75) is 72.4 Å². The van der Waals surface area contributed by atoms with Gasteiger partial charge in [-0.15, -0.1) is 0 Å². The molecule has 0 saturated carbocycles. The lowest BCUT2D eigenvalue weighted by Crippen LogP contribution is -2.55. The number of nitrogens with zero attached hydrogens (tertiary/aromatic N) is 1. The lowest BCUT2D eigenvalue weighted by Gasteiger charge is -2.42. The molecule has 2 nitrogen and oxygen atoms in total. The maximum Gasteiger partial charge on any atom is 0.206 e. The fourth-order valence-corrected chi connectivity index (χ4v) is 2.88. The average molecular weight is 212 g/mol. The molecule has 0 atom stereocenters. The summed E-state index contributed by atoms with van der Waals surface area (Å²) in [7, 11) is 0. The number of nitroso groups, excluding NO2 is 1. The van der Waals surface area contributed by atoms with Gasteiger partial charge in [-0.25, -0.2) is 0 Å². The van der Waals surface area contributed by atoms with Crippen molar-refractivity contribution in [3.05, 3.63) is 4.91 Å². The molecule has 1 fully saturated rings. The van der Waals surface area contributed by atoms with Crippen molar-refractivity contribution in [3.63, 3.8) is 0 Å². The van der Waals surface area contributed by atoms with E-state index >= 15 is 0 Å². The van der Waals surface area contributed by atoms with Crippen LogP contribution in [0.4, 0.5) is 0 Å². The molecule has 0 spiro atoms. The van der Waals surface area contributed by atoms with Crippen LogP contribution in [0, 0.1) is 16.2 Å². The van der Waals surface area contributed by atoms with Crippen molar-refractivity contribution in [1.29, 1.82) is 0 Å². The van der Waals surface area contributed by atoms with Gasteiger partial charge in [-0.2, -0.15) is 0 Å². The molecule has 0 aliphatic carbocycles. The van der Waals surface area contributed by atoms with Crippen LogP contribution in [0.2, 0.25) is 0 Å². The predicted octanol–water partition coefficient (Wildman–Crippen LogP) is 3.78. The van der Waals surface area contributed by atoms with E-state index in [1.165, 1.54) is 4.76 Å². The fraction of sp³-hybridized carbons (Fsp3) is 1.00. The van der Waals surface area contributed by atoms with Crippen LogP contribution in [0.3, 0.4) is 0 Å². The molecule has 88 valence electrons. The first-order valence-corrected chi connectivity index (χ1v) is 5.94. The van der Waals surface area contributed by atoms with Gasteiger partial charge in [0.15, 0.2) is 0 Å². The highest BCUT2D eigenvalue weighted by molar-refractivity contribution is 4.90. The van der Waals surface area contributed by atoms with E-state index in [1.54, 1.807) is 0 Å². The topological polar surface area (TPSA) is 20.1 Å². The first-order valence-electron chi connectivity index (χ1n) is 5.94. The van der Waals surface area contributed by atoms with E-state index in [1.807, 2.05) is 0 Å². The summed E-state index contributed by atoms with van der Waals surface area (Å²) >= 11 is 0. The van der Waals surface area contributed by atoms with Crippen molar-refractivity contribution in [3.8, 4) is 0 Å². The number of piperidine rings is 1. The zero-order valence-corrected chi connectivity index (χ0v) is 11.3. The van der Waals surface area contributed by atoms with E-state index in [9.17, 15) is 4.91 Å². The fourth-order valence-electron chi connectivity index (χ4n) is 2.88. The van der Waals surface area contributed by atoms with Gasteiger partial charge >= 0.3 is 0 Å². The molecular weight excluding hydrogens is 186 g/mol. The third-order valence-corrected chi connectivity index (χ3v) is 3.82. The Kier molecular flexibility index (Phi) is 2.78. The van der Waals surface area contributed by atoms with Crippen molar-refractivity contribution >= 4 is 0 Å². The molecular formula is C13H26NO+. The first kappa shape index (κ1) is 12.7. The summed E-state index contributed by atoms with van der Waals surface area (Å²) in [6.45, 7) is 15.1. The number of hydrogen-bond acceptors (Lipinski definition) is 1. The van der Waals surface area contributed by atoms with Crippen LogP contribution in [0.5, 0.6) is 0 Å². The maximum absolute atomic E-state index is 12.2. The van der Waals surface area contributed by atoms with Gasteiger partial charge in [-0.1, -0.05) is 20.8 Å². The highest BCUT2D eigenvalue weighted by Crippen LogP contribution is 2.45. The van der Waals surface area contributed by atoms with Gasteiger partial charge in [0, 0.05) is 50.2 Å². The molecule has 1 rings (SSSR count). The van der Waals surface area contributed by atoms with Crippen molar-refractivity contribution in [2.24, 2.45) is 11.3 Å². The highest BCUT2D eigenvalue weighted by Gasteiger charge is 2.55. The van der Waals surface area contributed by atoms with Gasteiger partial charge in [0.2, 0.25) is 11.1 Å². The Morgan fingerprint density at radius 2 is 1.33 bits per heavy atom. The van der Waals surface area contributed by atoms with E-state index in [4.69, 9.17) is 0 Å². The molecule has 1 heterocycles. The SMILES string of the molecule is CC(C)(C)C1CC(C)(C)[N+](=O)C(C)(C)C1. The molecule has 0 radical (unpaired) electrons. The lowest BCUT2D eigenvalue weighted by molar-refractivity contribution is -0.696. The van der Waals surface area contributed by atoms with E-state index in [0.717, 1.165) is 12.8 Å². The quantitative estimate of drug-likeness (QED) is 0.559. The second kappa shape index (κ2) is 3.29. The van der Waals surface area contributed by atoms with Gasteiger partial charge in [-0.3, -0.25) is 0 Å². The van der Waals surface area contributed by atoms with Crippen LogP contribution >= 0.6 is 0 Å². The summed E-state index contributed by atoms with van der Waals surface area (Å²) in [4.78, 5) is 12.2. The molecule has 1 aliphatic heterocycles. The minimum absolute atomic E-state index is 0.223. The molecule has 0 unspecified atom stereocenters. The molecule has 15 heavy (non-hydrogen) atoms. The minimum atomic E-state index is -0.223. The smallest absolute Gasteiger partial charge is 0.0599 e. The third kappa shape index (κ3) is 2.40. The van der Waals surface area contributed by atoms with E-state index in [2.05, 4.69) is 48.5 Å². The summed E-state index contributed by atoms with van der Waals surface area (Å²) in [5.74, 6) is 0.632. The average Bonchev–Trinajstić information content (AvgIpc) is 1.97. The van der Waals surface area contributed by atoms with Crippen molar-refractivity contribution in [2.75, 3.05) is 0 Å². The predicted molar refractivity (Wildman–Crippen MR) is 64.0 cm³/mol. The first-order chi connectivity index (χ1) is 6.47. The normalized spacial score (nSPS) is 26.7. The Bertz CT molecular complexity index is 251. The van der Waals surface area contributed by atoms with Crippen molar-refractivity contribution < 1.29 is 4.76 Å². The molecule has 0 bridgehead atoms. The van der Waals surface area contributed by atoms with E-state index < -0.39 is 0 Å². The highest BCUT2D eigenvalue weighted by atomic mass is 16.3. The Morgan fingerprint density at radius 1 is 1.00 bits per heavy atom. The lowest BCUT2D eigenvalue weighted by atomic mass is 9.66. The second-order valence-corrected chi connectivity index (χ2v) is 7.39.